The number of nitrogens with one attached hydrogen (secondary N) is 1. The van der Waals surface area contributed by atoms with Crippen LogP contribution in [0.3, 0.4) is 0 Å². The highest BCUT2D eigenvalue weighted by atomic mass is 28.3. The minimum Gasteiger partial charge on any atom is -0.488 e. The number of rotatable bonds is 11. The summed E-state index contributed by atoms with van der Waals surface area (Å²) >= 11 is 0. The van der Waals surface area contributed by atoms with Crippen LogP contribution < -0.4 is 10.1 Å². The number of hydrogen-bond acceptors (Lipinski definition) is 4. The molecule has 0 spiro atoms. The molecule has 3 aromatic carbocycles. The number of fused-ring (bicyclic) bond motifs is 1. The minimum absolute atomic E-state index is 0.0474. The Morgan fingerprint density at radius 3 is 2.41 bits per heavy atom. The molecule has 194 valence electrons. The number of hydrogen-bond donors (Lipinski definition) is 1. The van der Waals surface area contributed by atoms with E-state index in [4.69, 9.17) is 14.6 Å². The van der Waals surface area contributed by atoms with Gasteiger partial charge in [-0.1, -0.05) is 87.2 Å². The van der Waals surface area contributed by atoms with E-state index in [9.17, 15) is 4.79 Å². The molecule has 0 saturated carbocycles. The van der Waals surface area contributed by atoms with E-state index >= 15 is 0 Å². The fourth-order valence-electron chi connectivity index (χ4n) is 4.04. The Labute approximate surface area is 220 Å². The van der Waals surface area contributed by atoms with Crippen LogP contribution in [0.1, 0.15) is 32.3 Å². The van der Waals surface area contributed by atoms with E-state index in [1.165, 1.54) is 0 Å². The fraction of sp³-hybridized carbons (Fsp3) is 0.333. The van der Waals surface area contributed by atoms with E-state index in [-0.39, 0.29) is 11.6 Å². The van der Waals surface area contributed by atoms with Crippen molar-refractivity contribution in [3.05, 3.63) is 78.4 Å². The van der Waals surface area contributed by atoms with E-state index < -0.39 is 8.07 Å². The summed E-state index contributed by atoms with van der Waals surface area (Å²) in [7, 11) is -1.47. The number of para-hydroxylation sites is 1. The number of carbonyl (C=O) groups excluding carboxylic acids is 1. The molecule has 4 rings (SSSR count). The quantitative estimate of drug-likeness (QED) is 0.214. The molecule has 0 aliphatic carbocycles. The summed E-state index contributed by atoms with van der Waals surface area (Å²) in [4.78, 5) is 12.6. The zero-order chi connectivity index (χ0) is 26.4. The normalized spacial score (nSPS) is 12.5. The molecule has 0 fully saturated rings. The van der Waals surface area contributed by atoms with Crippen LogP contribution in [0.5, 0.6) is 5.75 Å². The summed E-state index contributed by atoms with van der Waals surface area (Å²) in [6.45, 7) is 11.8. The van der Waals surface area contributed by atoms with Crippen LogP contribution in [0.15, 0.2) is 72.8 Å². The van der Waals surface area contributed by atoms with Gasteiger partial charge in [0.05, 0.1) is 19.0 Å². The molecule has 1 amide bonds. The van der Waals surface area contributed by atoms with E-state index in [0.29, 0.717) is 25.6 Å². The van der Waals surface area contributed by atoms with Crippen LogP contribution in [0.2, 0.25) is 19.6 Å². The van der Waals surface area contributed by atoms with Crippen molar-refractivity contribution in [2.45, 2.75) is 65.4 Å². The van der Waals surface area contributed by atoms with Gasteiger partial charge in [0.1, 0.15) is 19.1 Å². The first-order valence-corrected chi connectivity index (χ1v) is 16.5. The summed E-state index contributed by atoms with van der Waals surface area (Å²) in [6.07, 6.45) is 1.21. The van der Waals surface area contributed by atoms with Gasteiger partial charge in [-0.25, -0.2) is 4.68 Å². The van der Waals surface area contributed by atoms with Gasteiger partial charge in [0.25, 0.3) is 0 Å². The molecule has 0 aliphatic rings. The van der Waals surface area contributed by atoms with Crippen molar-refractivity contribution in [2.24, 2.45) is 0 Å². The van der Waals surface area contributed by atoms with Gasteiger partial charge in [-0.05, 0) is 36.6 Å². The summed E-state index contributed by atoms with van der Waals surface area (Å²) < 4.78 is 14.4. The van der Waals surface area contributed by atoms with Gasteiger partial charge in [-0.3, -0.25) is 4.79 Å². The fourth-order valence-corrected chi connectivity index (χ4v) is 4.62. The summed E-state index contributed by atoms with van der Waals surface area (Å²) in [5.41, 5.74) is 4.08. The summed E-state index contributed by atoms with van der Waals surface area (Å²) in [6, 6.07) is 24.2. The maximum atomic E-state index is 12.6. The lowest BCUT2D eigenvalue weighted by Crippen LogP contribution is -2.38. The number of carbonyl (C=O) groups is 1. The second-order valence-corrected chi connectivity index (χ2v) is 16.0. The predicted octanol–water partition coefficient (Wildman–Crippen LogP) is 7.26. The SMILES string of the molecule is CCCC(=O)Nc1nn(COC(C)[Si](C)(C)C)c2cccc(-c3ccccc3OCc3ccccc3)c12. The molecule has 4 aromatic rings. The number of ether oxygens (including phenoxy) is 2. The van der Waals surface area contributed by atoms with Crippen molar-refractivity contribution >= 4 is 30.7 Å². The number of nitrogens with zero attached hydrogens (tertiary/aromatic N) is 2. The van der Waals surface area contributed by atoms with Crippen LogP contribution in [0, 0.1) is 0 Å². The Morgan fingerprint density at radius 1 is 0.973 bits per heavy atom. The average Bonchev–Trinajstić information content (AvgIpc) is 3.23. The Bertz CT molecular complexity index is 1350. The first-order chi connectivity index (χ1) is 17.8. The van der Waals surface area contributed by atoms with Crippen molar-refractivity contribution < 1.29 is 14.3 Å². The summed E-state index contributed by atoms with van der Waals surface area (Å²) in [5, 5.41) is 8.74. The van der Waals surface area contributed by atoms with Gasteiger partial charge in [0, 0.05) is 17.7 Å². The standard InChI is InChI=1S/C30H37N3O3Si/c1-6-13-28(34)31-30-29-25(17-12-18-26(29)33(32-30)21-36-22(2)37(3,4)5)24-16-10-11-19-27(24)35-20-23-14-8-7-9-15-23/h7-12,14-19,22H,6,13,20-21H2,1-5H3,(H,31,32,34). The van der Waals surface area contributed by atoms with Crippen molar-refractivity contribution in [3.63, 3.8) is 0 Å². The molecule has 0 saturated heterocycles. The number of aromatic nitrogens is 2. The molecule has 1 aromatic heterocycles. The molecule has 1 heterocycles. The largest absolute Gasteiger partial charge is 0.488 e. The van der Waals surface area contributed by atoms with Crippen molar-refractivity contribution in [3.8, 4) is 16.9 Å². The molecule has 6 nitrogen and oxygen atoms in total. The van der Waals surface area contributed by atoms with Crippen molar-refractivity contribution in [1.82, 2.24) is 9.78 Å². The van der Waals surface area contributed by atoms with Gasteiger partial charge in [0.2, 0.25) is 5.91 Å². The van der Waals surface area contributed by atoms with Crippen molar-refractivity contribution in [1.29, 1.82) is 0 Å². The molecule has 37 heavy (non-hydrogen) atoms. The molecule has 7 heteroatoms. The van der Waals surface area contributed by atoms with Crippen LogP contribution in [0.4, 0.5) is 5.82 Å². The van der Waals surface area contributed by atoms with Crippen LogP contribution >= 0.6 is 0 Å². The minimum atomic E-state index is -1.47. The highest BCUT2D eigenvalue weighted by Crippen LogP contribution is 2.39. The zero-order valence-corrected chi connectivity index (χ0v) is 23.5. The average molecular weight is 516 g/mol. The lowest BCUT2D eigenvalue weighted by atomic mass is 10.00. The van der Waals surface area contributed by atoms with Crippen LogP contribution in [-0.4, -0.2) is 29.5 Å². The molecule has 1 N–H and O–H groups in total. The highest BCUT2D eigenvalue weighted by Gasteiger charge is 2.24. The van der Waals surface area contributed by atoms with Gasteiger partial charge >= 0.3 is 0 Å². The number of benzene rings is 3. The van der Waals surface area contributed by atoms with E-state index in [0.717, 1.165) is 39.8 Å². The van der Waals surface area contributed by atoms with Gasteiger partial charge in [0.15, 0.2) is 5.82 Å². The van der Waals surface area contributed by atoms with Crippen LogP contribution in [0.25, 0.3) is 22.0 Å². The number of anilines is 1. The molecule has 0 radical (unpaired) electrons. The van der Waals surface area contributed by atoms with E-state index in [2.05, 4.69) is 50.1 Å². The maximum absolute atomic E-state index is 12.6. The van der Waals surface area contributed by atoms with Gasteiger partial charge < -0.3 is 14.8 Å². The Kier molecular flexibility index (Phi) is 8.46. The van der Waals surface area contributed by atoms with Crippen molar-refractivity contribution in [2.75, 3.05) is 5.32 Å². The summed E-state index contributed by atoms with van der Waals surface area (Å²) in [5.74, 6) is 1.28. The number of amides is 1. The Balaban J connectivity index is 1.75. The molecule has 0 aliphatic heterocycles. The first-order valence-electron chi connectivity index (χ1n) is 12.9. The maximum Gasteiger partial charge on any atom is 0.225 e. The second-order valence-electron chi connectivity index (χ2n) is 10.4. The van der Waals surface area contributed by atoms with Gasteiger partial charge in [-0.2, -0.15) is 5.10 Å². The zero-order valence-electron chi connectivity index (χ0n) is 22.5. The Hall–Kier alpha value is -3.42. The molecular formula is C30H37N3O3Si. The monoisotopic (exact) mass is 515 g/mol. The lowest BCUT2D eigenvalue weighted by Gasteiger charge is -2.25. The highest BCUT2D eigenvalue weighted by molar-refractivity contribution is 6.77. The van der Waals surface area contributed by atoms with E-state index in [1.54, 1.807) is 0 Å². The van der Waals surface area contributed by atoms with Gasteiger partial charge in [-0.15, -0.1) is 0 Å². The predicted molar refractivity (Wildman–Crippen MR) is 153 cm³/mol. The topological polar surface area (TPSA) is 65.4 Å². The van der Waals surface area contributed by atoms with E-state index in [1.807, 2.05) is 66.2 Å². The molecule has 1 atom stereocenters. The lowest BCUT2D eigenvalue weighted by molar-refractivity contribution is -0.116. The second kappa shape index (κ2) is 11.8. The molecule has 1 unspecified atom stereocenters. The van der Waals surface area contributed by atoms with Crippen LogP contribution in [-0.2, 0) is 22.9 Å². The third kappa shape index (κ3) is 6.48. The third-order valence-electron chi connectivity index (χ3n) is 6.59. The first kappa shape index (κ1) is 26.6. The smallest absolute Gasteiger partial charge is 0.225 e. The Morgan fingerprint density at radius 2 is 1.68 bits per heavy atom. The molecular weight excluding hydrogens is 478 g/mol. The third-order valence-corrected chi connectivity index (χ3v) is 9.20. The molecule has 0 bridgehead atoms.